The number of nitrogens with one attached hydrogen (secondary N) is 1. The summed E-state index contributed by atoms with van der Waals surface area (Å²) in [5, 5.41) is 13.6. The second-order valence-corrected chi connectivity index (χ2v) is 9.29. The van der Waals surface area contributed by atoms with Crippen molar-refractivity contribution in [3.8, 4) is 16.2 Å². The number of aromatic nitrogens is 3. The SMILES string of the molecule is COC(=O)c1ccc(C(CO)c2ncc(-c3cc(C)cc(Nc4nccc(C(F)(F)F)n4)c3)s2)cc1OC. The van der Waals surface area contributed by atoms with Gasteiger partial charge in [0.25, 0.3) is 0 Å². The highest BCUT2D eigenvalue weighted by Gasteiger charge is 2.32. The van der Waals surface area contributed by atoms with Crippen LogP contribution in [0, 0.1) is 6.92 Å². The van der Waals surface area contributed by atoms with E-state index in [9.17, 15) is 23.1 Å². The average molecular weight is 545 g/mol. The Hall–Kier alpha value is -4.03. The van der Waals surface area contributed by atoms with Gasteiger partial charge < -0.3 is 19.9 Å². The van der Waals surface area contributed by atoms with Crippen molar-refractivity contribution < 1.29 is 32.5 Å². The van der Waals surface area contributed by atoms with Gasteiger partial charge in [0.15, 0.2) is 0 Å². The maximum Gasteiger partial charge on any atom is 0.433 e. The molecule has 38 heavy (non-hydrogen) atoms. The lowest BCUT2D eigenvalue weighted by Gasteiger charge is -2.15. The number of hydrogen-bond donors (Lipinski definition) is 2. The van der Waals surface area contributed by atoms with Gasteiger partial charge in [0.05, 0.1) is 31.6 Å². The van der Waals surface area contributed by atoms with Gasteiger partial charge in [-0.25, -0.2) is 19.7 Å². The van der Waals surface area contributed by atoms with Gasteiger partial charge in [-0.05, 0) is 53.9 Å². The Labute approximate surface area is 220 Å². The van der Waals surface area contributed by atoms with E-state index in [2.05, 4.69) is 20.3 Å². The van der Waals surface area contributed by atoms with Crippen LogP contribution in [0.15, 0.2) is 54.9 Å². The molecule has 198 valence electrons. The van der Waals surface area contributed by atoms with E-state index in [1.54, 1.807) is 36.5 Å². The third-order valence-corrected chi connectivity index (χ3v) is 6.76. The number of alkyl halides is 3. The van der Waals surface area contributed by atoms with E-state index in [0.717, 1.165) is 28.3 Å². The largest absolute Gasteiger partial charge is 0.496 e. The predicted octanol–water partition coefficient (Wildman–Crippen LogP) is 5.59. The number of rotatable bonds is 8. The molecule has 0 amide bonds. The Kier molecular flexibility index (Phi) is 7.93. The molecule has 0 fully saturated rings. The summed E-state index contributed by atoms with van der Waals surface area (Å²) in [5.74, 6) is -0.873. The fourth-order valence-electron chi connectivity index (χ4n) is 3.81. The molecule has 0 bridgehead atoms. The normalized spacial score (nSPS) is 12.2. The monoisotopic (exact) mass is 544 g/mol. The summed E-state index contributed by atoms with van der Waals surface area (Å²) in [6.45, 7) is 1.62. The quantitative estimate of drug-likeness (QED) is 0.277. The van der Waals surface area contributed by atoms with E-state index in [-0.39, 0.29) is 18.1 Å². The fraction of sp³-hybridized carbons (Fsp3) is 0.231. The molecule has 4 aromatic rings. The summed E-state index contributed by atoms with van der Waals surface area (Å²) >= 11 is 1.36. The van der Waals surface area contributed by atoms with Crippen molar-refractivity contribution in [2.75, 3.05) is 26.1 Å². The second kappa shape index (κ2) is 11.2. The summed E-state index contributed by atoms with van der Waals surface area (Å²) in [6.07, 6.45) is -1.86. The fourth-order valence-corrected chi connectivity index (χ4v) is 4.84. The van der Waals surface area contributed by atoms with Crippen molar-refractivity contribution in [3.63, 3.8) is 0 Å². The van der Waals surface area contributed by atoms with E-state index in [0.29, 0.717) is 22.0 Å². The first kappa shape index (κ1) is 27.0. The molecule has 0 saturated heterocycles. The smallest absolute Gasteiger partial charge is 0.433 e. The number of hydrogen-bond acceptors (Lipinski definition) is 9. The Morgan fingerprint density at radius 2 is 1.92 bits per heavy atom. The first-order valence-corrected chi connectivity index (χ1v) is 12.1. The highest BCUT2D eigenvalue weighted by atomic mass is 32.1. The van der Waals surface area contributed by atoms with Crippen molar-refractivity contribution >= 4 is 28.9 Å². The lowest BCUT2D eigenvalue weighted by molar-refractivity contribution is -0.141. The van der Waals surface area contributed by atoms with Crippen LogP contribution in [-0.4, -0.2) is 46.9 Å². The lowest BCUT2D eigenvalue weighted by atomic mass is 9.98. The topological polar surface area (TPSA) is 106 Å². The average Bonchev–Trinajstić information content (AvgIpc) is 3.38. The number of nitrogens with zero attached hydrogens (tertiary/aromatic N) is 3. The van der Waals surface area contributed by atoms with Crippen LogP contribution in [0.4, 0.5) is 24.8 Å². The predicted molar refractivity (Wildman–Crippen MR) is 136 cm³/mol. The first-order valence-electron chi connectivity index (χ1n) is 11.2. The van der Waals surface area contributed by atoms with Crippen LogP contribution in [0.1, 0.15) is 38.1 Å². The molecule has 0 radical (unpaired) electrons. The molecule has 0 aliphatic rings. The Bertz CT molecular complexity index is 1460. The number of benzene rings is 2. The number of esters is 1. The van der Waals surface area contributed by atoms with Gasteiger partial charge in [0.2, 0.25) is 5.95 Å². The summed E-state index contributed by atoms with van der Waals surface area (Å²) < 4.78 is 49.2. The van der Waals surface area contributed by atoms with Crippen LogP contribution >= 0.6 is 11.3 Å². The van der Waals surface area contributed by atoms with Crippen molar-refractivity contribution in [1.82, 2.24) is 15.0 Å². The number of methoxy groups -OCH3 is 2. The highest BCUT2D eigenvalue weighted by molar-refractivity contribution is 7.15. The van der Waals surface area contributed by atoms with Crippen molar-refractivity contribution in [1.29, 1.82) is 0 Å². The summed E-state index contributed by atoms with van der Waals surface area (Å²) in [6, 6.07) is 11.2. The minimum absolute atomic E-state index is 0.175. The maximum atomic E-state index is 13.0. The zero-order valence-electron chi connectivity index (χ0n) is 20.5. The molecule has 0 aliphatic carbocycles. The van der Waals surface area contributed by atoms with Gasteiger partial charge in [0, 0.05) is 18.1 Å². The Morgan fingerprint density at radius 1 is 1.13 bits per heavy atom. The molecule has 8 nitrogen and oxygen atoms in total. The summed E-state index contributed by atoms with van der Waals surface area (Å²) in [7, 11) is 2.72. The van der Waals surface area contributed by atoms with Crippen molar-refractivity contribution in [2.24, 2.45) is 0 Å². The van der Waals surface area contributed by atoms with Crippen LogP contribution in [0.3, 0.4) is 0 Å². The summed E-state index contributed by atoms with van der Waals surface area (Å²) in [4.78, 5) is 24.7. The number of carbonyl (C=O) groups is 1. The standard InChI is InChI=1S/C26H23F3N4O4S/c1-14-8-16(10-17(9-14)32-25-30-7-6-22(33-25)26(27,28)29)21-12-31-23(38-21)19(13-34)15-4-5-18(24(35)37-3)20(11-15)36-2/h4-12,19,34H,13H2,1-3H3,(H,30,32,33). The zero-order chi connectivity index (χ0) is 27.4. The number of anilines is 2. The van der Waals surface area contributed by atoms with E-state index >= 15 is 0 Å². The van der Waals surface area contributed by atoms with Gasteiger partial charge >= 0.3 is 12.1 Å². The second-order valence-electron chi connectivity index (χ2n) is 8.23. The molecule has 0 saturated carbocycles. The van der Waals surface area contributed by atoms with Crippen LogP contribution in [0.2, 0.25) is 0 Å². The molecule has 1 unspecified atom stereocenters. The number of aryl methyl sites for hydroxylation is 1. The van der Waals surface area contributed by atoms with Crippen LogP contribution in [0.25, 0.3) is 10.4 Å². The molecule has 2 aromatic carbocycles. The molecular weight excluding hydrogens is 521 g/mol. The minimum Gasteiger partial charge on any atom is -0.496 e. The molecule has 12 heteroatoms. The highest BCUT2D eigenvalue weighted by Crippen LogP contribution is 2.36. The molecule has 2 aromatic heterocycles. The molecule has 0 spiro atoms. The van der Waals surface area contributed by atoms with Gasteiger partial charge in [-0.3, -0.25) is 0 Å². The van der Waals surface area contributed by atoms with E-state index in [4.69, 9.17) is 9.47 Å². The molecule has 4 rings (SSSR count). The van der Waals surface area contributed by atoms with Crippen LogP contribution in [-0.2, 0) is 10.9 Å². The van der Waals surface area contributed by atoms with Crippen LogP contribution < -0.4 is 10.1 Å². The molecular formula is C26H23F3N4O4S. The number of aliphatic hydroxyl groups excluding tert-OH is 1. The summed E-state index contributed by atoms with van der Waals surface area (Å²) in [5.41, 5.74) is 2.07. The van der Waals surface area contributed by atoms with Gasteiger partial charge in [0.1, 0.15) is 22.0 Å². The number of halogens is 3. The van der Waals surface area contributed by atoms with E-state index in [1.807, 2.05) is 13.0 Å². The molecule has 2 heterocycles. The third kappa shape index (κ3) is 5.92. The Balaban J connectivity index is 1.62. The number of carbonyl (C=O) groups excluding carboxylic acids is 1. The number of aliphatic hydroxyl groups is 1. The maximum absolute atomic E-state index is 13.0. The Morgan fingerprint density at radius 3 is 2.61 bits per heavy atom. The number of thiazole rings is 1. The van der Waals surface area contributed by atoms with Gasteiger partial charge in [-0.2, -0.15) is 13.2 Å². The number of ether oxygens (including phenoxy) is 2. The van der Waals surface area contributed by atoms with Gasteiger partial charge in [-0.15, -0.1) is 11.3 Å². The minimum atomic E-state index is -4.58. The van der Waals surface area contributed by atoms with Crippen molar-refractivity contribution in [2.45, 2.75) is 19.0 Å². The third-order valence-electron chi connectivity index (χ3n) is 5.60. The molecule has 1 atom stereocenters. The lowest BCUT2D eigenvalue weighted by Crippen LogP contribution is -2.10. The first-order chi connectivity index (χ1) is 18.1. The molecule has 2 N–H and O–H groups in total. The van der Waals surface area contributed by atoms with Gasteiger partial charge in [-0.1, -0.05) is 12.1 Å². The zero-order valence-corrected chi connectivity index (χ0v) is 21.4. The van der Waals surface area contributed by atoms with E-state index in [1.165, 1.54) is 25.6 Å². The van der Waals surface area contributed by atoms with E-state index < -0.39 is 23.8 Å². The molecule has 0 aliphatic heterocycles. The van der Waals surface area contributed by atoms with Crippen molar-refractivity contribution in [3.05, 3.63) is 82.3 Å². The van der Waals surface area contributed by atoms with Crippen LogP contribution in [0.5, 0.6) is 5.75 Å².